The maximum absolute atomic E-state index is 11.1. The van der Waals surface area contributed by atoms with Gasteiger partial charge < -0.3 is 4.74 Å². The maximum atomic E-state index is 11.1. The number of rotatable bonds is 4. The summed E-state index contributed by atoms with van der Waals surface area (Å²) in [6.45, 7) is 3.97. The molecule has 15 heavy (non-hydrogen) atoms. The third-order valence-corrected chi connectivity index (χ3v) is 2.44. The van der Waals surface area contributed by atoms with Crippen molar-refractivity contribution in [3.63, 3.8) is 0 Å². The summed E-state index contributed by atoms with van der Waals surface area (Å²) in [6, 6.07) is 1.66. The third kappa shape index (κ3) is 4.48. The Bertz CT molecular complexity index is 340. The van der Waals surface area contributed by atoms with E-state index in [0.29, 0.717) is 16.9 Å². The summed E-state index contributed by atoms with van der Waals surface area (Å²) in [5.41, 5.74) is 0.779. The average molecular weight is 247 g/mol. The summed E-state index contributed by atoms with van der Waals surface area (Å²) in [5.74, 6) is -0.0723. The Kier molecular flexibility index (Phi) is 4.84. The van der Waals surface area contributed by atoms with Crippen molar-refractivity contribution in [3.8, 4) is 0 Å². The number of hydrogen-bond donors (Lipinski definition) is 0. The van der Waals surface area contributed by atoms with Crippen LogP contribution in [0.25, 0.3) is 0 Å². The van der Waals surface area contributed by atoms with E-state index in [1.54, 1.807) is 13.0 Å². The lowest BCUT2D eigenvalue weighted by Gasteiger charge is -2.02. The summed E-state index contributed by atoms with van der Waals surface area (Å²) in [6.07, 6.45) is 0. The van der Waals surface area contributed by atoms with Crippen molar-refractivity contribution in [3.05, 3.63) is 16.9 Å². The molecular formula is C9H11ClN2O2S. The first-order valence-electron chi connectivity index (χ1n) is 4.41. The lowest BCUT2D eigenvalue weighted by molar-refractivity contribution is -0.139. The quantitative estimate of drug-likeness (QED) is 0.352. The second-order valence-corrected chi connectivity index (χ2v) is 4.04. The summed E-state index contributed by atoms with van der Waals surface area (Å²) in [5, 5.41) is 0.877. The molecule has 0 fully saturated rings. The molecule has 0 saturated carbocycles. The molecule has 0 aliphatic carbocycles. The van der Waals surface area contributed by atoms with Gasteiger partial charge in [0.05, 0.1) is 12.4 Å². The zero-order valence-corrected chi connectivity index (χ0v) is 10.1. The second-order valence-electron chi connectivity index (χ2n) is 2.71. The molecule has 0 amide bonds. The van der Waals surface area contributed by atoms with Gasteiger partial charge in [0.25, 0.3) is 0 Å². The van der Waals surface area contributed by atoms with E-state index in [2.05, 4.69) is 9.97 Å². The van der Waals surface area contributed by atoms with Crippen LogP contribution in [0.15, 0.2) is 11.2 Å². The molecule has 1 aromatic heterocycles. The fraction of sp³-hybridized carbons (Fsp3) is 0.444. The molecular weight excluding hydrogens is 236 g/mol. The van der Waals surface area contributed by atoms with E-state index >= 15 is 0 Å². The first-order chi connectivity index (χ1) is 7.11. The standard InChI is InChI=1S/C9H11ClN2O2S/c1-3-14-8(13)5-15-9-11-6(2)4-7(10)12-9/h4H,3,5H2,1-2H3. The van der Waals surface area contributed by atoms with E-state index in [4.69, 9.17) is 16.3 Å². The minimum atomic E-state index is -0.274. The van der Waals surface area contributed by atoms with Crippen LogP contribution in [0, 0.1) is 6.92 Å². The number of halogens is 1. The molecule has 0 aliphatic rings. The van der Waals surface area contributed by atoms with Gasteiger partial charge in [0, 0.05) is 5.69 Å². The van der Waals surface area contributed by atoms with Crippen molar-refractivity contribution in [2.45, 2.75) is 19.0 Å². The monoisotopic (exact) mass is 246 g/mol. The van der Waals surface area contributed by atoms with Gasteiger partial charge in [0.15, 0.2) is 5.16 Å². The van der Waals surface area contributed by atoms with Crippen LogP contribution >= 0.6 is 23.4 Å². The molecule has 1 aromatic rings. The van der Waals surface area contributed by atoms with Crippen LogP contribution in [-0.2, 0) is 9.53 Å². The molecule has 0 spiro atoms. The molecule has 6 heteroatoms. The Balaban J connectivity index is 2.54. The van der Waals surface area contributed by atoms with Gasteiger partial charge in [-0.2, -0.15) is 0 Å². The lowest BCUT2D eigenvalue weighted by Crippen LogP contribution is -2.07. The number of hydrogen-bond acceptors (Lipinski definition) is 5. The Hall–Kier alpha value is -0.810. The number of nitrogens with zero attached hydrogens (tertiary/aromatic N) is 2. The van der Waals surface area contributed by atoms with Gasteiger partial charge in [-0.05, 0) is 19.9 Å². The van der Waals surface area contributed by atoms with Crippen LogP contribution in [0.1, 0.15) is 12.6 Å². The summed E-state index contributed by atoms with van der Waals surface area (Å²) >= 11 is 6.96. The van der Waals surface area contributed by atoms with Crippen LogP contribution in [0.3, 0.4) is 0 Å². The number of thioether (sulfide) groups is 1. The molecule has 0 saturated heterocycles. The molecule has 0 unspecified atom stereocenters. The predicted molar refractivity (Wildman–Crippen MR) is 59.1 cm³/mol. The normalized spacial score (nSPS) is 10.1. The molecule has 82 valence electrons. The Morgan fingerprint density at radius 3 is 2.93 bits per heavy atom. The smallest absolute Gasteiger partial charge is 0.316 e. The molecule has 0 aliphatic heterocycles. The van der Waals surface area contributed by atoms with Crippen LogP contribution in [-0.4, -0.2) is 28.3 Å². The van der Waals surface area contributed by atoms with E-state index < -0.39 is 0 Å². The highest BCUT2D eigenvalue weighted by Crippen LogP contribution is 2.16. The number of aryl methyl sites for hydroxylation is 1. The second kappa shape index (κ2) is 5.92. The summed E-state index contributed by atoms with van der Waals surface area (Å²) < 4.78 is 4.78. The van der Waals surface area contributed by atoms with Crippen LogP contribution in [0.5, 0.6) is 0 Å². The van der Waals surface area contributed by atoms with E-state index in [-0.39, 0.29) is 11.7 Å². The van der Waals surface area contributed by atoms with Crippen molar-refractivity contribution < 1.29 is 9.53 Å². The molecule has 0 N–H and O–H groups in total. The molecule has 1 rings (SSSR count). The fourth-order valence-electron chi connectivity index (χ4n) is 0.895. The largest absolute Gasteiger partial charge is 0.465 e. The minimum Gasteiger partial charge on any atom is -0.465 e. The number of aromatic nitrogens is 2. The van der Waals surface area contributed by atoms with Crippen LogP contribution in [0.2, 0.25) is 5.15 Å². The lowest BCUT2D eigenvalue weighted by atomic mass is 10.5. The first kappa shape index (κ1) is 12.3. The SMILES string of the molecule is CCOC(=O)CSc1nc(C)cc(Cl)n1. The Morgan fingerprint density at radius 1 is 1.60 bits per heavy atom. The van der Waals surface area contributed by atoms with E-state index in [0.717, 1.165) is 5.69 Å². The minimum absolute atomic E-state index is 0.202. The highest BCUT2D eigenvalue weighted by molar-refractivity contribution is 7.99. The number of ether oxygens (including phenoxy) is 1. The van der Waals surface area contributed by atoms with E-state index in [1.807, 2.05) is 6.92 Å². The highest BCUT2D eigenvalue weighted by Gasteiger charge is 2.06. The number of carbonyl (C=O) groups excluding carboxylic acids is 1. The van der Waals surface area contributed by atoms with Crippen molar-refractivity contribution in [2.24, 2.45) is 0 Å². The average Bonchev–Trinajstić information content (AvgIpc) is 2.14. The van der Waals surface area contributed by atoms with Gasteiger partial charge in [-0.1, -0.05) is 23.4 Å². The zero-order valence-electron chi connectivity index (χ0n) is 8.49. The number of esters is 1. The zero-order chi connectivity index (χ0) is 11.3. The molecule has 0 bridgehead atoms. The molecule has 0 radical (unpaired) electrons. The van der Waals surface area contributed by atoms with Crippen molar-refractivity contribution in [1.29, 1.82) is 0 Å². The molecule has 0 atom stereocenters. The van der Waals surface area contributed by atoms with Crippen molar-refractivity contribution in [1.82, 2.24) is 9.97 Å². The molecule has 4 nitrogen and oxygen atoms in total. The van der Waals surface area contributed by atoms with Gasteiger partial charge in [-0.15, -0.1) is 0 Å². The summed E-state index contributed by atoms with van der Waals surface area (Å²) in [4.78, 5) is 19.2. The van der Waals surface area contributed by atoms with E-state index in [1.165, 1.54) is 11.8 Å². The van der Waals surface area contributed by atoms with Gasteiger partial charge in [0.2, 0.25) is 0 Å². The van der Waals surface area contributed by atoms with Crippen LogP contribution in [0.4, 0.5) is 0 Å². The van der Waals surface area contributed by atoms with Gasteiger partial charge in [-0.25, -0.2) is 9.97 Å². The van der Waals surface area contributed by atoms with Crippen molar-refractivity contribution >= 4 is 29.3 Å². The first-order valence-corrected chi connectivity index (χ1v) is 5.77. The maximum Gasteiger partial charge on any atom is 0.316 e. The predicted octanol–water partition coefficient (Wildman–Crippen LogP) is 2.09. The van der Waals surface area contributed by atoms with Gasteiger partial charge in [-0.3, -0.25) is 4.79 Å². The fourth-order valence-corrected chi connectivity index (χ4v) is 1.88. The van der Waals surface area contributed by atoms with E-state index in [9.17, 15) is 4.79 Å². The molecule has 1 heterocycles. The summed E-state index contributed by atoms with van der Waals surface area (Å²) in [7, 11) is 0. The Labute approximate surface area is 97.4 Å². The van der Waals surface area contributed by atoms with Crippen molar-refractivity contribution in [2.75, 3.05) is 12.4 Å². The number of carbonyl (C=O) groups is 1. The van der Waals surface area contributed by atoms with Gasteiger partial charge >= 0.3 is 5.97 Å². The molecule has 0 aromatic carbocycles. The van der Waals surface area contributed by atoms with Crippen LogP contribution < -0.4 is 0 Å². The topological polar surface area (TPSA) is 52.1 Å². The third-order valence-electron chi connectivity index (χ3n) is 1.43. The van der Waals surface area contributed by atoms with Gasteiger partial charge in [0.1, 0.15) is 5.15 Å². The highest BCUT2D eigenvalue weighted by atomic mass is 35.5. The Morgan fingerprint density at radius 2 is 2.33 bits per heavy atom.